The maximum atomic E-state index is 11.3. The number of rotatable bonds is 7. The number of nitrogens with one attached hydrogen (secondary N) is 2. The van der Waals surface area contributed by atoms with E-state index < -0.39 is 0 Å². The topological polar surface area (TPSA) is 76.1 Å². The number of carbonyl (C=O) groups excluding carboxylic acids is 1. The average molecular weight is 378 g/mol. The number of hydrogen-bond acceptors (Lipinski definition) is 6. The quantitative estimate of drug-likeness (QED) is 0.465. The Balaban J connectivity index is 1.66. The van der Waals surface area contributed by atoms with E-state index >= 15 is 0 Å². The SMILES string of the molecule is C=CC(=O)Nc1ccc(Sc2ccnc(Nc3ccc(OC)cc3)n2)cc1. The zero-order valence-electron chi connectivity index (χ0n) is 14.7. The highest BCUT2D eigenvalue weighted by Gasteiger charge is 2.04. The molecule has 7 heteroatoms. The van der Waals surface area contributed by atoms with Crippen molar-refractivity contribution in [2.75, 3.05) is 17.7 Å². The lowest BCUT2D eigenvalue weighted by molar-refractivity contribution is -0.111. The first-order valence-corrected chi connectivity index (χ1v) is 8.93. The molecule has 0 saturated carbocycles. The molecule has 0 radical (unpaired) electrons. The van der Waals surface area contributed by atoms with Crippen molar-refractivity contribution in [2.45, 2.75) is 9.92 Å². The average Bonchev–Trinajstić information content (AvgIpc) is 2.70. The Labute approximate surface area is 161 Å². The smallest absolute Gasteiger partial charge is 0.247 e. The third kappa shape index (κ3) is 5.32. The molecule has 2 N–H and O–H groups in total. The Bertz CT molecular complexity index is 927. The van der Waals surface area contributed by atoms with Crippen molar-refractivity contribution in [3.05, 3.63) is 73.4 Å². The standard InChI is InChI=1S/C20H18N4O2S/c1-3-18(25)22-14-6-10-17(11-7-14)27-19-12-13-21-20(24-19)23-15-4-8-16(26-2)9-5-15/h3-13H,1H2,2H3,(H,22,25)(H,21,23,24). The molecule has 0 aliphatic heterocycles. The van der Waals surface area contributed by atoms with Crippen LogP contribution in [0.4, 0.5) is 17.3 Å². The number of methoxy groups -OCH3 is 1. The summed E-state index contributed by atoms with van der Waals surface area (Å²) in [4.78, 5) is 21.1. The highest BCUT2D eigenvalue weighted by Crippen LogP contribution is 2.28. The molecule has 6 nitrogen and oxygen atoms in total. The summed E-state index contributed by atoms with van der Waals surface area (Å²) in [6.07, 6.45) is 2.95. The van der Waals surface area contributed by atoms with Gasteiger partial charge in [-0.2, -0.15) is 0 Å². The number of anilines is 3. The van der Waals surface area contributed by atoms with E-state index in [1.165, 1.54) is 17.8 Å². The molecule has 2 aromatic carbocycles. The summed E-state index contributed by atoms with van der Waals surface area (Å²) in [6.45, 7) is 3.43. The number of hydrogen-bond donors (Lipinski definition) is 2. The molecule has 0 spiro atoms. The van der Waals surface area contributed by atoms with Gasteiger partial charge in [0, 0.05) is 22.5 Å². The molecule has 0 saturated heterocycles. The number of ether oxygens (including phenoxy) is 1. The van der Waals surface area contributed by atoms with Gasteiger partial charge in [-0.3, -0.25) is 4.79 Å². The van der Waals surface area contributed by atoms with Crippen molar-refractivity contribution in [2.24, 2.45) is 0 Å². The molecular weight excluding hydrogens is 360 g/mol. The van der Waals surface area contributed by atoms with Crippen LogP contribution in [0.1, 0.15) is 0 Å². The van der Waals surface area contributed by atoms with Gasteiger partial charge in [0.2, 0.25) is 11.9 Å². The third-order valence-corrected chi connectivity index (χ3v) is 4.45. The van der Waals surface area contributed by atoms with Crippen molar-refractivity contribution >= 4 is 35.0 Å². The second-order valence-corrected chi connectivity index (χ2v) is 6.49. The Kier molecular flexibility index (Phi) is 6.06. The van der Waals surface area contributed by atoms with Crippen molar-refractivity contribution in [3.63, 3.8) is 0 Å². The summed E-state index contributed by atoms with van der Waals surface area (Å²) in [7, 11) is 1.63. The van der Waals surface area contributed by atoms with Crippen molar-refractivity contribution in [3.8, 4) is 5.75 Å². The van der Waals surface area contributed by atoms with Crippen LogP contribution in [0.2, 0.25) is 0 Å². The normalized spacial score (nSPS) is 10.1. The van der Waals surface area contributed by atoms with E-state index in [4.69, 9.17) is 4.74 Å². The van der Waals surface area contributed by atoms with Crippen LogP contribution in [0, 0.1) is 0 Å². The molecule has 0 aliphatic rings. The molecule has 0 bridgehead atoms. The number of benzene rings is 2. The first-order chi connectivity index (χ1) is 13.2. The lowest BCUT2D eigenvalue weighted by Crippen LogP contribution is -2.06. The Morgan fingerprint density at radius 1 is 1.07 bits per heavy atom. The predicted octanol–water partition coefficient (Wildman–Crippen LogP) is 4.50. The first kappa shape index (κ1) is 18.5. The molecule has 3 rings (SSSR count). The van der Waals surface area contributed by atoms with Gasteiger partial charge in [-0.05, 0) is 60.7 Å². The summed E-state index contributed by atoms with van der Waals surface area (Å²) >= 11 is 1.51. The largest absolute Gasteiger partial charge is 0.497 e. The molecule has 3 aromatic rings. The number of amides is 1. The highest BCUT2D eigenvalue weighted by atomic mass is 32.2. The van der Waals surface area contributed by atoms with Crippen LogP contribution >= 0.6 is 11.8 Å². The van der Waals surface area contributed by atoms with Gasteiger partial charge in [-0.15, -0.1) is 0 Å². The molecule has 27 heavy (non-hydrogen) atoms. The Morgan fingerprint density at radius 3 is 2.44 bits per heavy atom. The van der Waals surface area contributed by atoms with Crippen LogP contribution in [0.15, 0.2) is 83.4 Å². The van der Waals surface area contributed by atoms with Gasteiger partial charge in [0.25, 0.3) is 0 Å². The van der Waals surface area contributed by atoms with Gasteiger partial charge < -0.3 is 15.4 Å². The molecule has 0 aliphatic carbocycles. The maximum absolute atomic E-state index is 11.3. The molecule has 0 unspecified atom stereocenters. The van der Waals surface area contributed by atoms with E-state index in [1.807, 2.05) is 54.6 Å². The van der Waals surface area contributed by atoms with Crippen LogP contribution in [0.3, 0.4) is 0 Å². The van der Waals surface area contributed by atoms with Gasteiger partial charge in [0.05, 0.1) is 7.11 Å². The zero-order valence-corrected chi connectivity index (χ0v) is 15.5. The monoisotopic (exact) mass is 378 g/mol. The Hall–Kier alpha value is -3.32. The lowest BCUT2D eigenvalue weighted by atomic mass is 10.3. The predicted molar refractivity (Wildman–Crippen MR) is 108 cm³/mol. The Morgan fingerprint density at radius 2 is 1.78 bits per heavy atom. The summed E-state index contributed by atoms with van der Waals surface area (Å²) < 4.78 is 5.15. The molecular formula is C20H18N4O2S. The molecule has 0 fully saturated rings. The van der Waals surface area contributed by atoms with E-state index in [2.05, 4.69) is 27.2 Å². The van der Waals surface area contributed by atoms with Crippen molar-refractivity contribution in [1.82, 2.24) is 9.97 Å². The van der Waals surface area contributed by atoms with E-state index in [9.17, 15) is 4.79 Å². The lowest BCUT2D eigenvalue weighted by Gasteiger charge is -2.08. The maximum Gasteiger partial charge on any atom is 0.247 e. The van der Waals surface area contributed by atoms with Crippen LogP contribution in [0.25, 0.3) is 0 Å². The second kappa shape index (κ2) is 8.86. The van der Waals surface area contributed by atoms with Crippen LogP contribution < -0.4 is 15.4 Å². The molecule has 1 heterocycles. The minimum Gasteiger partial charge on any atom is -0.497 e. The number of aromatic nitrogens is 2. The van der Waals surface area contributed by atoms with E-state index in [0.29, 0.717) is 11.6 Å². The summed E-state index contributed by atoms with van der Waals surface area (Å²) in [6, 6.07) is 16.9. The van der Waals surface area contributed by atoms with Gasteiger partial charge in [-0.25, -0.2) is 9.97 Å². The fourth-order valence-electron chi connectivity index (χ4n) is 2.18. The fraction of sp³-hybridized carbons (Fsp3) is 0.0500. The summed E-state index contributed by atoms with van der Waals surface area (Å²) in [5.74, 6) is 1.07. The highest BCUT2D eigenvalue weighted by molar-refractivity contribution is 7.99. The van der Waals surface area contributed by atoms with E-state index in [1.54, 1.807) is 13.3 Å². The van der Waals surface area contributed by atoms with Crippen LogP contribution in [-0.2, 0) is 4.79 Å². The van der Waals surface area contributed by atoms with Crippen molar-refractivity contribution < 1.29 is 9.53 Å². The zero-order chi connectivity index (χ0) is 19.1. The third-order valence-electron chi connectivity index (χ3n) is 3.51. The fourth-order valence-corrected chi connectivity index (χ4v) is 2.96. The molecule has 136 valence electrons. The summed E-state index contributed by atoms with van der Waals surface area (Å²) in [5, 5.41) is 6.70. The van der Waals surface area contributed by atoms with Gasteiger partial charge in [0.15, 0.2) is 0 Å². The van der Waals surface area contributed by atoms with Crippen LogP contribution in [-0.4, -0.2) is 23.0 Å². The van der Waals surface area contributed by atoms with Gasteiger partial charge >= 0.3 is 0 Å². The molecule has 0 atom stereocenters. The number of nitrogens with zero attached hydrogens (tertiary/aromatic N) is 2. The van der Waals surface area contributed by atoms with Gasteiger partial charge in [-0.1, -0.05) is 18.3 Å². The summed E-state index contributed by atoms with van der Waals surface area (Å²) in [5.41, 5.74) is 1.59. The minimum absolute atomic E-state index is 0.236. The molecule has 1 aromatic heterocycles. The van der Waals surface area contributed by atoms with E-state index in [-0.39, 0.29) is 5.91 Å². The number of carbonyl (C=O) groups is 1. The minimum atomic E-state index is -0.236. The second-order valence-electron chi connectivity index (χ2n) is 5.39. The van der Waals surface area contributed by atoms with E-state index in [0.717, 1.165) is 21.4 Å². The van der Waals surface area contributed by atoms with Crippen molar-refractivity contribution in [1.29, 1.82) is 0 Å². The van der Waals surface area contributed by atoms with Gasteiger partial charge in [0.1, 0.15) is 10.8 Å². The first-order valence-electron chi connectivity index (χ1n) is 8.12. The molecule has 1 amide bonds. The van der Waals surface area contributed by atoms with Crippen LogP contribution in [0.5, 0.6) is 5.75 Å².